The fourth-order valence-electron chi connectivity index (χ4n) is 3.78. The van der Waals surface area contributed by atoms with Gasteiger partial charge in [-0.3, -0.25) is 9.59 Å². The standard InChI is InChI=1S/C21H26ClFN4O4S/c1-13-19(21(29)27-10-4-3-5-11-27)20(14(2)25-13)32(30,31)24-9-8-18(28)26-15-6-7-17(23)16(22)12-15/h6-7,12,24-25H,3-5,8-11H2,1-2H3,(H,26,28). The highest BCUT2D eigenvalue weighted by Crippen LogP contribution is 2.26. The molecule has 0 unspecified atom stereocenters. The molecule has 0 radical (unpaired) electrons. The molecule has 0 atom stereocenters. The lowest BCUT2D eigenvalue weighted by molar-refractivity contribution is -0.116. The number of benzene rings is 1. The second kappa shape index (κ2) is 10.0. The summed E-state index contributed by atoms with van der Waals surface area (Å²) in [5.74, 6) is -1.38. The number of rotatable bonds is 7. The number of likely N-dealkylation sites (tertiary alicyclic amines) is 1. The van der Waals surface area contributed by atoms with Gasteiger partial charge in [0.25, 0.3) is 5.91 Å². The van der Waals surface area contributed by atoms with Gasteiger partial charge in [-0.15, -0.1) is 0 Å². The molecule has 32 heavy (non-hydrogen) atoms. The fraction of sp³-hybridized carbons (Fsp3) is 0.429. The molecule has 11 heteroatoms. The number of aromatic amines is 1. The molecule has 1 fully saturated rings. The topological polar surface area (TPSA) is 111 Å². The first kappa shape index (κ1) is 24.2. The minimum atomic E-state index is -4.04. The lowest BCUT2D eigenvalue weighted by atomic mass is 10.1. The van der Waals surface area contributed by atoms with Crippen LogP contribution in [0.25, 0.3) is 0 Å². The number of carbonyl (C=O) groups is 2. The number of aryl methyl sites for hydroxylation is 2. The number of halogens is 2. The summed E-state index contributed by atoms with van der Waals surface area (Å²) in [5, 5.41) is 2.40. The van der Waals surface area contributed by atoms with Gasteiger partial charge >= 0.3 is 0 Å². The molecule has 0 saturated carbocycles. The second-order valence-corrected chi connectivity index (χ2v) is 9.87. The van der Waals surface area contributed by atoms with Gasteiger partial charge in [0.2, 0.25) is 15.9 Å². The van der Waals surface area contributed by atoms with Crippen LogP contribution in [0.3, 0.4) is 0 Å². The zero-order chi connectivity index (χ0) is 23.5. The highest BCUT2D eigenvalue weighted by atomic mass is 35.5. The van der Waals surface area contributed by atoms with Crippen molar-refractivity contribution in [2.75, 3.05) is 25.0 Å². The molecule has 1 aromatic heterocycles. The van der Waals surface area contributed by atoms with Crippen LogP contribution in [-0.2, 0) is 14.8 Å². The molecule has 1 aromatic carbocycles. The van der Waals surface area contributed by atoms with E-state index in [-0.39, 0.29) is 34.4 Å². The number of nitrogens with zero attached hydrogens (tertiary/aromatic N) is 1. The molecule has 3 N–H and O–H groups in total. The summed E-state index contributed by atoms with van der Waals surface area (Å²) in [6.07, 6.45) is 2.67. The Hall–Kier alpha value is -2.43. The van der Waals surface area contributed by atoms with Crippen molar-refractivity contribution in [2.45, 2.75) is 44.4 Å². The summed E-state index contributed by atoms with van der Waals surface area (Å²) < 4.78 is 41.6. The summed E-state index contributed by atoms with van der Waals surface area (Å²) in [6, 6.07) is 3.75. The number of carbonyl (C=O) groups excluding carboxylic acids is 2. The summed E-state index contributed by atoms with van der Waals surface area (Å²) in [6.45, 7) is 4.29. The lowest BCUT2D eigenvalue weighted by Gasteiger charge is -2.27. The van der Waals surface area contributed by atoms with E-state index < -0.39 is 21.7 Å². The van der Waals surface area contributed by atoms with E-state index in [1.165, 1.54) is 12.1 Å². The van der Waals surface area contributed by atoms with Gasteiger partial charge in [0.1, 0.15) is 10.7 Å². The van der Waals surface area contributed by atoms with Gasteiger partial charge in [0.05, 0.1) is 10.6 Å². The lowest BCUT2D eigenvalue weighted by Crippen LogP contribution is -2.37. The monoisotopic (exact) mass is 484 g/mol. The van der Waals surface area contributed by atoms with Crippen molar-refractivity contribution in [3.05, 3.63) is 46.0 Å². The van der Waals surface area contributed by atoms with Gasteiger partial charge < -0.3 is 15.2 Å². The van der Waals surface area contributed by atoms with Crippen LogP contribution in [0.5, 0.6) is 0 Å². The molecule has 0 aliphatic carbocycles. The Morgan fingerprint density at radius 1 is 1.16 bits per heavy atom. The molecule has 2 heterocycles. The maximum atomic E-state index is 13.2. The molecule has 3 rings (SSSR count). The first-order chi connectivity index (χ1) is 15.1. The van der Waals surface area contributed by atoms with Crippen molar-refractivity contribution in [3.8, 4) is 0 Å². The normalized spacial score (nSPS) is 14.4. The summed E-state index contributed by atoms with van der Waals surface area (Å²) in [5.41, 5.74) is 1.29. The first-order valence-corrected chi connectivity index (χ1v) is 12.2. The summed E-state index contributed by atoms with van der Waals surface area (Å²) in [7, 11) is -4.04. The van der Waals surface area contributed by atoms with Crippen LogP contribution in [0, 0.1) is 19.7 Å². The molecule has 2 amide bonds. The molecule has 2 aromatic rings. The van der Waals surface area contributed by atoms with Crippen LogP contribution in [0.15, 0.2) is 23.1 Å². The van der Waals surface area contributed by atoms with Gasteiger partial charge in [0, 0.05) is 43.1 Å². The third-order valence-corrected chi connectivity index (χ3v) is 7.21. The van der Waals surface area contributed by atoms with E-state index in [9.17, 15) is 22.4 Å². The summed E-state index contributed by atoms with van der Waals surface area (Å²) in [4.78, 5) is 29.7. The van der Waals surface area contributed by atoms with E-state index in [0.717, 1.165) is 25.3 Å². The third kappa shape index (κ3) is 5.48. The van der Waals surface area contributed by atoms with Crippen molar-refractivity contribution in [3.63, 3.8) is 0 Å². The van der Waals surface area contributed by atoms with Crippen molar-refractivity contribution in [1.29, 1.82) is 0 Å². The number of H-pyrrole nitrogens is 1. The number of anilines is 1. The average Bonchev–Trinajstić information content (AvgIpc) is 3.05. The number of aromatic nitrogens is 1. The van der Waals surface area contributed by atoms with E-state index in [1.54, 1.807) is 18.7 Å². The van der Waals surface area contributed by atoms with Crippen LogP contribution in [-0.4, -0.2) is 49.8 Å². The molecule has 1 saturated heterocycles. The van der Waals surface area contributed by atoms with Crippen LogP contribution in [0.1, 0.15) is 47.4 Å². The predicted molar refractivity (Wildman–Crippen MR) is 120 cm³/mol. The van der Waals surface area contributed by atoms with Gasteiger partial charge in [-0.1, -0.05) is 11.6 Å². The average molecular weight is 485 g/mol. The molecule has 0 bridgehead atoms. The Labute approximate surface area is 191 Å². The second-order valence-electron chi connectivity index (χ2n) is 7.76. The number of sulfonamides is 1. The minimum absolute atomic E-state index is 0.0868. The predicted octanol–water partition coefficient (Wildman–Crippen LogP) is 3.36. The Balaban J connectivity index is 1.68. The zero-order valence-corrected chi connectivity index (χ0v) is 19.5. The maximum absolute atomic E-state index is 13.2. The van der Waals surface area contributed by atoms with Gasteiger partial charge in [-0.25, -0.2) is 17.5 Å². The smallest absolute Gasteiger partial charge is 0.257 e. The molecule has 8 nitrogen and oxygen atoms in total. The van der Waals surface area contributed by atoms with Crippen molar-refractivity contribution in [1.82, 2.24) is 14.6 Å². The minimum Gasteiger partial charge on any atom is -0.361 e. The molecule has 174 valence electrons. The SMILES string of the molecule is Cc1[nH]c(C)c(S(=O)(=O)NCCC(=O)Nc2ccc(F)c(Cl)c2)c1C(=O)N1CCCCC1. The number of amides is 2. The van der Waals surface area contributed by atoms with Crippen molar-refractivity contribution >= 4 is 39.1 Å². The molecule has 0 spiro atoms. The third-order valence-electron chi connectivity index (χ3n) is 5.29. The van der Waals surface area contributed by atoms with Crippen LogP contribution >= 0.6 is 11.6 Å². The van der Waals surface area contributed by atoms with Gasteiger partial charge in [-0.2, -0.15) is 0 Å². The molecular weight excluding hydrogens is 459 g/mol. The zero-order valence-electron chi connectivity index (χ0n) is 17.9. The number of hydrogen-bond acceptors (Lipinski definition) is 4. The summed E-state index contributed by atoms with van der Waals surface area (Å²) >= 11 is 5.69. The van der Waals surface area contributed by atoms with Crippen molar-refractivity contribution < 1.29 is 22.4 Å². The Morgan fingerprint density at radius 2 is 1.84 bits per heavy atom. The highest BCUT2D eigenvalue weighted by molar-refractivity contribution is 7.89. The molecule has 1 aliphatic heterocycles. The highest BCUT2D eigenvalue weighted by Gasteiger charge is 2.31. The Morgan fingerprint density at radius 3 is 2.50 bits per heavy atom. The Kier molecular flexibility index (Phi) is 7.58. The Bertz CT molecular complexity index is 1130. The van der Waals surface area contributed by atoms with Crippen molar-refractivity contribution in [2.24, 2.45) is 0 Å². The van der Waals surface area contributed by atoms with Crippen LogP contribution in [0.2, 0.25) is 5.02 Å². The quantitative estimate of drug-likeness (QED) is 0.559. The van der Waals surface area contributed by atoms with Crippen LogP contribution in [0.4, 0.5) is 10.1 Å². The van der Waals surface area contributed by atoms with Crippen LogP contribution < -0.4 is 10.0 Å². The first-order valence-electron chi connectivity index (χ1n) is 10.3. The molecule has 1 aliphatic rings. The number of piperidine rings is 1. The van der Waals surface area contributed by atoms with E-state index in [1.807, 2.05) is 0 Å². The van der Waals surface area contributed by atoms with E-state index in [2.05, 4.69) is 15.0 Å². The number of nitrogens with one attached hydrogen (secondary N) is 3. The fourth-order valence-corrected chi connectivity index (χ4v) is 5.43. The maximum Gasteiger partial charge on any atom is 0.257 e. The van der Waals surface area contributed by atoms with E-state index in [4.69, 9.17) is 11.6 Å². The van der Waals surface area contributed by atoms with E-state index in [0.29, 0.717) is 30.2 Å². The molecular formula is C21H26ClFN4O4S. The largest absolute Gasteiger partial charge is 0.361 e. The number of hydrogen-bond donors (Lipinski definition) is 3. The van der Waals surface area contributed by atoms with Gasteiger partial charge in [0.15, 0.2) is 0 Å². The van der Waals surface area contributed by atoms with E-state index >= 15 is 0 Å². The van der Waals surface area contributed by atoms with Gasteiger partial charge in [-0.05, 0) is 51.3 Å².